The van der Waals surface area contributed by atoms with Crippen LogP contribution in [-0.4, -0.2) is 27.1 Å². The van der Waals surface area contributed by atoms with Crippen molar-refractivity contribution in [2.75, 3.05) is 27.1 Å². The number of hydrogen-bond donors (Lipinski definition) is 0. The van der Waals surface area contributed by atoms with Gasteiger partial charge in [0, 0.05) is 7.11 Å². The Morgan fingerprint density at radius 1 is 1.38 bits per heavy atom. The van der Waals surface area contributed by atoms with Crippen LogP contribution in [-0.2, 0) is 9.47 Å². The van der Waals surface area contributed by atoms with Crippen molar-refractivity contribution in [3.8, 4) is 0 Å². The Morgan fingerprint density at radius 3 is 2.38 bits per heavy atom. The largest absolute Gasteiger partial charge is 1.00 e. The van der Waals surface area contributed by atoms with E-state index < -0.39 is 0 Å². The second-order valence-electron chi connectivity index (χ2n) is 1.05. The van der Waals surface area contributed by atoms with Gasteiger partial charge in [-0.25, -0.2) is 0 Å². The fourth-order valence-corrected chi connectivity index (χ4v) is 0.214. The van der Waals surface area contributed by atoms with Gasteiger partial charge >= 0.3 is 51.4 Å². The monoisotopic (exact) mass is 143 g/mol. The third-order valence-electron chi connectivity index (χ3n) is 0.534. The maximum atomic E-state index is 6.50. The van der Waals surface area contributed by atoms with Crippen molar-refractivity contribution in [1.82, 2.24) is 0 Å². The molecule has 0 saturated heterocycles. The number of rotatable bonds is 4. The summed E-state index contributed by atoms with van der Waals surface area (Å²) in [5.41, 5.74) is 6.50. The molecule has 0 bridgehead atoms. The van der Waals surface area contributed by atoms with Crippen molar-refractivity contribution >= 4 is 0 Å². The second kappa shape index (κ2) is 11.3. The van der Waals surface area contributed by atoms with Gasteiger partial charge in [0.05, 0.1) is 13.2 Å². The molecule has 0 fully saturated rings. The molecule has 0 heterocycles. The van der Waals surface area contributed by atoms with Crippen molar-refractivity contribution in [3.05, 3.63) is 5.73 Å². The molecule has 44 valence electrons. The van der Waals surface area contributed by atoms with E-state index in [1.165, 1.54) is 0 Å². The first-order valence-electron chi connectivity index (χ1n) is 2.13. The SMILES string of the molecule is COCCOC[NH-].[K+]. The summed E-state index contributed by atoms with van der Waals surface area (Å²) in [5, 5.41) is 0. The van der Waals surface area contributed by atoms with Gasteiger partial charge in [-0.05, 0) is 6.73 Å². The molecular weight excluding hydrogens is 133 g/mol. The van der Waals surface area contributed by atoms with Crippen LogP contribution >= 0.6 is 0 Å². The quantitative estimate of drug-likeness (QED) is 0.327. The van der Waals surface area contributed by atoms with Crippen molar-refractivity contribution in [3.63, 3.8) is 0 Å². The Bertz CT molecular complexity index is 33.2. The van der Waals surface area contributed by atoms with Gasteiger partial charge in [0.25, 0.3) is 0 Å². The summed E-state index contributed by atoms with van der Waals surface area (Å²) in [6, 6.07) is 0. The number of methoxy groups -OCH3 is 1. The van der Waals surface area contributed by atoms with Gasteiger partial charge in [0.15, 0.2) is 0 Å². The number of ether oxygens (including phenoxy) is 2. The molecular formula is C4H10KNO2. The van der Waals surface area contributed by atoms with Gasteiger partial charge in [-0.2, -0.15) is 0 Å². The van der Waals surface area contributed by atoms with E-state index in [1.54, 1.807) is 7.11 Å². The molecule has 3 nitrogen and oxygen atoms in total. The van der Waals surface area contributed by atoms with Crippen LogP contribution in [0.3, 0.4) is 0 Å². The van der Waals surface area contributed by atoms with Crippen molar-refractivity contribution in [2.45, 2.75) is 0 Å². The first-order valence-corrected chi connectivity index (χ1v) is 2.13. The minimum absolute atomic E-state index is 0. The zero-order valence-electron chi connectivity index (χ0n) is 5.44. The predicted octanol–water partition coefficient (Wildman–Crippen LogP) is -2.34. The van der Waals surface area contributed by atoms with Crippen LogP contribution in [0.25, 0.3) is 5.73 Å². The maximum Gasteiger partial charge on any atom is 1.00 e. The van der Waals surface area contributed by atoms with Crippen LogP contribution in [0.5, 0.6) is 0 Å². The Labute approximate surface area is 92.3 Å². The molecule has 0 spiro atoms. The first kappa shape index (κ1) is 12.2. The molecule has 0 aliphatic heterocycles. The Hall–Kier alpha value is 1.52. The molecule has 0 amide bonds. The summed E-state index contributed by atoms with van der Waals surface area (Å²) >= 11 is 0. The van der Waals surface area contributed by atoms with Crippen LogP contribution in [0.1, 0.15) is 0 Å². The molecule has 0 aromatic carbocycles. The van der Waals surface area contributed by atoms with E-state index in [-0.39, 0.29) is 58.1 Å². The Kier molecular flexibility index (Phi) is 17.3. The molecule has 0 saturated carbocycles. The molecule has 0 aromatic heterocycles. The fraction of sp³-hybridized carbons (Fsp3) is 1.00. The van der Waals surface area contributed by atoms with Crippen LogP contribution in [0.15, 0.2) is 0 Å². The average Bonchev–Trinajstić information content (AvgIpc) is 1.69. The molecule has 0 aliphatic carbocycles. The van der Waals surface area contributed by atoms with E-state index in [2.05, 4.69) is 9.47 Å². The molecule has 8 heavy (non-hydrogen) atoms. The molecule has 0 rings (SSSR count). The molecule has 0 radical (unpaired) electrons. The minimum atomic E-state index is 0. The zero-order chi connectivity index (χ0) is 5.54. The summed E-state index contributed by atoms with van der Waals surface area (Å²) in [6.07, 6.45) is 0. The van der Waals surface area contributed by atoms with Crippen LogP contribution in [0.4, 0.5) is 0 Å². The van der Waals surface area contributed by atoms with Gasteiger partial charge in [-0.15, -0.1) is 0 Å². The van der Waals surface area contributed by atoms with Gasteiger partial charge in [0.2, 0.25) is 0 Å². The summed E-state index contributed by atoms with van der Waals surface area (Å²) in [5.74, 6) is 0. The van der Waals surface area contributed by atoms with Crippen molar-refractivity contribution in [1.29, 1.82) is 0 Å². The minimum Gasteiger partial charge on any atom is -0.655 e. The summed E-state index contributed by atoms with van der Waals surface area (Å²) < 4.78 is 9.25. The maximum absolute atomic E-state index is 6.50. The fourth-order valence-electron chi connectivity index (χ4n) is 0.214. The average molecular weight is 143 g/mol. The molecule has 1 N–H and O–H groups in total. The Morgan fingerprint density at radius 2 is 2.00 bits per heavy atom. The van der Waals surface area contributed by atoms with Crippen LogP contribution in [0.2, 0.25) is 0 Å². The standard InChI is InChI=1S/C4H10NO2.K/c1-6-2-3-7-4-5;/h5H,2-4H2,1H3;/q-1;+1. The molecule has 0 unspecified atom stereocenters. The smallest absolute Gasteiger partial charge is 0.655 e. The predicted molar refractivity (Wildman–Crippen MR) is 27.0 cm³/mol. The Balaban J connectivity index is 0. The van der Waals surface area contributed by atoms with Gasteiger partial charge in [0.1, 0.15) is 0 Å². The number of nitrogens with one attached hydrogen (secondary N) is 1. The van der Waals surface area contributed by atoms with E-state index >= 15 is 0 Å². The molecule has 4 heteroatoms. The number of hydrogen-bond acceptors (Lipinski definition) is 2. The van der Waals surface area contributed by atoms with E-state index in [0.29, 0.717) is 13.2 Å². The summed E-state index contributed by atoms with van der Waals surface area (Å²) in [4.78, 5) is 0. The summed E-state index contributed by atoms with van der Waals surface area (Å²) in [6.45, 7) is 1.14. The molecule has 0 aromatic rings. The van der Waals surface area contributed by atoms with E-state index in [9.17, 15) is 0 Å². The zero-order valence-corrected chi connectivity index (χ0v) is 8.56. The second-order valence-corrected chi connectivity index (χ2v) is 1.05. The topological polar surface area (TPSA) is 42.3 Å². The molecule has 0 atom stereocenters. The molecule has 0 aliphatic rings. The van der Waals surface area contributed by atoms with Crippen molar-refractivity contribution < 1.29 is 60.9 Å². The van der Waals surface area contributed by atoms with E-state index in [1.807, 2.05) is 0 Å². The third kappa shape index (κ3) is 10.5. The van der Waals surface area contributed by atoms with Gasteiger partial charge in [-0.1, -0.05) is 0 Å². The van der Waals surface area contributed by atoms with Gasteiger partial charge < -0.3 is 15.2 Å². The third-order valence-corrected chi connectivity index (χ3v) is 0.534. The van der Waals surface area contributed by atoms with Crippen LogP contribution < -0.4 is 51.4 Å². The van der Waals surface area contributed by atoms with Crippen LogP contribution in [0, 0.1) is 0 Å². The normalized spacial score (nSPS) is 8.25. The first-order chi connectivity index (χ1) is 3.41. The van der Waals surface area contributed by atoms with Crippen molar-refractivity contribution in [2.24, 2.45) is 0 Å². The van der Waals surface area contributed by atoms with E-state index in [0.717, 1.165) is 0 Å². The van der Waals surface area contributed by atoms with E-state index in [4.69, 9.17) is 5.73 Å². The summed E-state index contributed by atoms with van der Waals surface area (Å²) in [7, 11) is 1.60. The van der Waals surface area contributed by atoms with Gasteiger partial charge in [-0.3, -0.25) is 0 Å².